The van der Waals surface area contributed by atoms with E-state index in [-0.39, 0.29) is 11.3 Å². The third kappa shape index (κ3) is 2.73. The van der Waals surface area contributed by atoms with Crippen LogP contribution in [0.2, 0.25) is 0 Å². The molecule has 0 aromatic carbocycles. The zero-order valence-electron chi connectivity index (χ0n) is 12.7. The number of nitrogens with two attached hydrogens (primary N) is 1. The molecule has 3 rings (SSSR count). The van der Waals surface area contributed by atoms with E-state index in [9.17, 15) is 4.79 Å². The Labute approximate surface area is 122 Å². The predicted molar refractivity (Wildman–Crippen MR) is 80.2 cm³/mol. The molecule has 2 bridgehead atoms. The van der Waals surface area contributed by atoms with Gasteiger partial charge < -0.3 is 16.4 Å². The van der Waals surface area contributed by atoms with Crippen LogP contribution >= 0.6 is 0 Å². The predicted octanol–water partition coefficient (Wildman–Crippen LogP) is 1.40. The van der Waals surface area contributed by atoms with E-state index in [1.807, 2.05) is 0 Å². The molecular weight excluding hydrogens is 250 g/mol. The Bertz CT molecular complexity index is 351. The van der Waals surface area contributed by atoms with Crippen LogP contribution in [0.25, 0.3) is 0 Å². The standard InChI is InChI=1S/C16H29N3O/c1-16(6-3-7-18-10-16)15(20)19-14-11-4-2-5-12(14)9-13(17)8-11/h11-14,18H,2-10,17H2,1H3,(H,19,20). The van der Waals surface area contributed by atoms with Crippen LogP contribution in [-0.2, 0) is 4.79 Å². The van der Waals surface area contributed by atoms with Crippen molar-refractivity contribution in [2.75, 3.05) is 13.1 Å². The fourth-order valence-corrected chi connectivity index (χ4v) is 4.60. The molecule has 0 radical (unpaired) electrons. The Morgan fingerprint density at radius 2 is 1.95 bits per heavy atom. The minimum atomic E-state index is -0.216. The van der Waals surface area contributed by atoms with Crippen molar-refractivity contribution in [1.29, 1.82) is 0 Å². The first-order valence-corrected chi connectivity index (χ1v) is 8.36. The van der Waals surface area contributed by atoms with Gasteiger partial charge in [-0.15, -0.1) is 0 Å². The molecule has 1 aliphatic heterocycles. The van der Waals surface area contributed by atoms with Gasteiger partial charge in [0.15, 0.2) is 0 Å². The zero-order valence-corrected chi connectivity index (χ0v) is 12.7. The summed E-state index contributed by atoms with van der Waals surface area (Å²) < 4.78 is 0. The lowest BCUT2D eigenvalue weighted by atomic mass is 9.66. The van der Waals surface area contributed by atoms with E-state index in [1.165, 1.54) is 19.3 Å². The number of hydrogen-bond acceptors (Lipinski definition) is 3. The van der Waals surface area contributed by atoms with Crippen molar-refractivity contribution < 1.29 is 4.79 Å². The van der Waals surface area contributed by atoms with Crippen molar-refractivity contribution in [2.24, 2.45) is 23.0 Å². The molecule has 0 aromatic rings. The number of carbonyl (C=O) groups is 1. The summed E-state index contributed by atoms with van der Waals surface area (Å²) in [7, 11) is 0. The summed E-state index contributed by atoms with van der Waals surface area (Å²) in [5.74, 6) is 1.49. The topological polar surface area (TPSA) is 67.2 Å². The second-order valence-corrected chi connectivity index (χ2v) is 7.52. The molecular formula is C16H29N3O. The third-order valence-electron chi connectivity index (χ3n) is 5.82. The van der Waals surface area contributed by atoms with Gasteiger partial charge in [0.2, 0.25) is 5.91 Å². The van der Waals surface area contributed by atoms with Gasteiger partial charge in [-0.2, -0.15) is 0 Å². The Hall–Kier alpha value is -0.610. The molecule has 2 saturated carbocycles. The Morgan fingerprint density at radius 3 is 2.55 bits per heavy atom. The van der Waals surface area contributed by atoms with E-state index in [4.69, 9.17) is 5.73 Å². The number of piperidine rings is 1. The molecule has 114 valence electrons. The summed E-state index contributed by atoms with van der Waals surface area (Å²) in [4.78, 5) is 12.7. The number of rotatable bonds is 2. The molecule has 3 unspecified atom stereocenters. The summed E-state index contributed by atoms with van der Waals surface area (Å²) in [6, 6.07) is 0.736. The summed E-state index contributed by atoms with van der Waals surface area (Å²) in [5.41, 5.74) is 5.95. The Balaban J connectivity index is 1.66. The van der Waals surface area contributed by atoms with Gasteiger partial charge in [-0.1, -0.05) is 6.42 Å². The van der Waals surface area contributed by atoms with E-state index in [2.05, 4.69) is 17.6 Å². The maximum Gasteiger partial charge on any atom is 0.227 e. The summed E-state index contributed by atoms with van der Waals surface area (Å²) >= 11 is 0. The van der Waals surface area contributed by atoms with Gasteiger partial charge in [0.25, 0.3) is 0 Å². The van der Waals surface area contributed by atoms with Crippen LogP contribution in [0.15, 0.2) is 0 Å². The van der Waals surface area contributed by atoms with Crippen LogP contribution < -0.4 is 16.4 Å². The number of carbonyl (C=O) groups excluding carboxylic acids is 1. The molecule has 3 fully saturated rings. The molecule has 0 spiro atoms. The van der Waals surface area contributed by atoms with Crippen molar-refractivity contribution in [3.63, 3.8) is 0 Å². The molecule has 20 heavy (non-hydrogen) atoms. The number of nitrogens with one attached hydrogen (secondary N) is 2. The lowest BCUT2D eigenvalue weighted by Gasteiger charge is -2.46. The normalized spacial score (nSPS) is 44.9. The summed E-state index contributed by atoms with van der Waals surface area (Å²) in [5, 5.41) is 6.79. The van der Waals surface area contributed by atoms with E-state index in [0.29, 0.717) is 23.9 Å². The number of hydrogen-bond donors (Lipinski definition) is 3. The molecule has 4 nitrogen and oxygen atoms in total. The number of fused-ring (bicyclic) bond motifs is 2. The zero-order chi connectivity index (χ0) is 14.2. The van der Waals surface area contributed by atoms with Gasteiger partial charge in [-0.05, 0) is 63.8 Å². The monoisotopic (exact) mass is 279 g/mol. The molecule has 3 aliphatic rings. The van der Waals surface area contributed by atoms with Crippen molar-refractivity contribution in [2.45, 2.75) is 64.0 Å². The lowest BCUT2D eigenvalue weighted by Crippen LogP contribution is -2.58. The molecule has 4 N–H and O–H groups in total. The van der Waals surface area contributed by atoms with Gasteiger partial charge in [-0.25, -0.2) is 0 Å². The molecule has 2 aliphatic carbocycles. The maximum absolute atomic E-state index is 12.7. The van der Waals surface area contributed by atoms with Crippen LogP contribution in [0.5, 0.6) is 0 Å². The third-order valence-corrected chi connectivity index (χ3v) is 5.82. The van der Waals surface area contributed by atoms with Gasteiger partial charge in [0.1, 0.15) is 0 Å². The van der Waals surface area contributed by atoms with Gasteiger partial charge in [-0.3, -0.25) is 4.79 Å². The molecule has 1 amide bonds. The largest absolute Gasteiger partial charge is 0.352 e. The van der Waals surface area contributed by atoms with Crippen LogP contribution in [-0.4, -0.2) is 31.1 Å². The average molecular weight is 279 g/mol. The summed E-state index contributed by atoms with van der Waals surface area (Å²) in [6.45, 7) is 3.98. The van der Waals surface area contributed by atoms with Crippen LogP contribution in [0.4, 0.5) is 0 Å². The highest BCUT2D eigenvalue weighted by molar-refractivity contribution is 5.83. The van der Waals surface area contributed by atoms with Crippen molar-refractivity contribution >= 4 is 5.91 Å². The van der Waals surface area contributed by atoms with E-state index >= 15 is 0 Å². The molecule has 1 saturated heterocycles. The fraction of sp³-hybridized carbons (Fsp3) is 0.938. The molecule has 0 aromatic heterocycles. The highest BCUT2D eigenvalue weighted by atomic mass is 16.2. The Kier molecular flexibility index (Phi) is 4.04. The Morgan fingerprint density at radius 1 is 1.25 bits per heavy atom. The van der Waals surface area contributed by atoms with Crippen molar-refractivity contribution in [3.8, 4) is 0 Å². The van der Waals surface area contributed by atoms with Crippen molar-refractivity contribution in [1.82, 2.24) is 10.6 Å². The second-order valence-electron chi connectivity index (χ2n) is 7.52. The SMILES string of the molecule is CC1(C(=O)NC2C3CCCC2CC(N)C3)CCCNC1. The highest BCUT2D eigenvalue weighted by Gasteiger charge is 2.43. The van der Waals surface area contributed by atoms with E-state index in [1.54, 1.807) is 0 Å². The lowest BCUT2D eigenvalue weighted by molar-refractivity contribution is -0.133. The van der Waals surface area contributed by atoms with Crippen LogP contribution in [0.1, 0.15) is 51.9 Å². The smallest absolute Gasteiger partial charge is 0.227 e. The highest BCUT2D eigenvalue weighted by Crippen LogP contribution is 2.40. The van der Waals surface area contributed by atoms with Crippen LogP contribution in [0.3, 0.4) is 0 Å². The average Bonchev–Trinajstić information content (AvgIpc) is 2.40. The summed E-state index contributed by atoms with van der Waals surface area (Å²) in [6.07, 6.45) is 8.09. The first kappa shape index (κ1) is 14.3. The van der Waals surface area contributed by atoms with Crippen molar-refractivity contribution in [3.05, 3.63) is 0 Å². The minimum Gasteiger partial charge on any atom is -0.352 e. The van der Waals surface area contributed by atoms with Gasteiger partial charge in [0.05, 0.1) is 5.41 Å². The first-order valence-electron chi connectivity index (χ1n) is 8.36. The fourth-order valence-electron chi connectivity index (χ4n) is 4.60. The van der Waals surface area contributed by atoms with E-state index < -0.39 is 0 Å². The van der Waals surface area contributed by atoms with Crippen LogP contribution in [0, 0.1) is 17.3 Å². The quantitative estimate of drug-likeness (QED) is 0.716. The molecule has 1 heterocycles. The molecule has 4 heteroatoms. The second kappa shape index (κ2) is 5.64. The van der Waals surface area contributed by atoms with Gasteiger partial charge in [0, 0.05) is 18.6 Å². The van der Waals surface area contributed by atoms with Gasteiger partial charge >= 0.3 is 0 Å². The van der Waals surface area contributed by atoms with E-state index in [0.717, 1.165) is 38.8 Å². The minimum absolute atomic E-state index is 0.216. The maximum atomic E-state index is 12.7. The molecule has 3 atom stereocenters. The number of amides is 1. The first-order chi connectivity index (χ1) is 9.58.